The van der Waals surface area contributed by atoms with E-state index in [9.17, 15) is 9.59 Å². The molecule has 5 aromatic rings. The molecule has 0 bridgehead atoms. The molecule has 1 aliphatic rings. The molecule has 9 nitrogen and oxygen atoms in total. The SMILES string of the molecule is O=C(Cn1cc(-c2cnc(NC3Cc4ccccc4C3)nc2)cn1)c1ccc2oc(=O)[nH]c2c1. The molecule has 0 saturated heterocycles. The van der Waals surface area contributed by atoms with Gasteiger partial charge in [-0.2, -0.15) is 5.10 Å². The van der Waals surface area contributed by atoms with Crippen LogP contribution in [0.2, 0.25) is 0 Å². The topological polar surface area (TPSA) is 119 Å². The van der Waals surface area contributed by atoms with E-state index in [2.05, 4.69) is 49.6 Å². The molecule has 0 spiro atoms. The first-order valence-electron chi connectivity index (χ1n) is 10.9. The second-order valence-electron chi connectivity index (χ2n) is 8.39. The Hall–Kier alpha value is -4.53. The Morgan fingerprint density at radius 3 is 2.59 bits per heavy atom. The smallest absolute Gasteiger partial charge is 0.408 e. The number of nitrogens with one attached hydrogen (secondary N) is 2. The van der Waals surface area contributed by atoms with Crippen molar-refractivity contribution in [1.82, 2.24) is 24.7 Å². The van der Waals surface area contributed by atoms with Crippen LogP contribution in [0.15, 0.2) is 76.5 Å². The fraction of sp³-hybridized carbons (Fsp3) is 0.160. The molecule has 2 aromatic carbocycles. The summed E-state index contributed by atoms with van der Waals surface area (Å²) < 4.78 is 6.55. The van der Waals surface area contributed by atoms with Gasteiger partial charge in [0.25, 0.3) is 0 Å². The van der Waals surface area contributed by atoms with Crippen molar-refractivity contribution in [1.29, 1.82) is 0 Å². The second-order valence-corrected chi connectivity index (χ2v) is 8.39. The van der Waals surface area contributed by atoms with E-state index in [1.54, 1.807) is 47.7 Å². The number of hydrogen-bond acceptors (Lipinski definition) is 7. The molecule has 3 heterocycles. The molecule has 2 N–H and O–H groups in total. The van der Waals surface area contributed by atoms with Gasteiger partial charge < -0.3 is 9.73 Å². The predicted molar refractivity (Wildman–Crippen MR) is 126 cm³/mol. The fourth-order valence-corrected chi connectivity index (χ4v) is 4.36. The largest absolute Gasteiger partial charge is 0.417 e. The number of oxazole rings is 1. The molecule has 0 saturated carbocycles. The summed E-state index contributed by atoms with van der Waals surface area (Å²) in [4.78, 5) is 35.5. The zero-order valence-electron chi connectivity index (χ0n) is 18.1. The van der Waals surface area contributed by atoms with Gasteiger partial charge in [-0.1, -0.05) is 24.3 Å². The molecule has 9 heteroatoms. The number of carbonyl (C=O) groups excluding carboxylic acids is 1. The summed E-state index contributed by atoms with van der Waals surface area (Å²) in [6, 6.07) is 13.6. The van der Waals surface area contributed by atoms with Gasteiger partial charge in [-0.05, 0) is 42.2 Å². The Morgan fingerprint density at radius 1 is 1.06 bits per heavy atom. The Morgan fingerprint density at radius 2 is 1.82 bits per heavy atom. The molecule has 0 radical (unpaired) electrons. The average molecular weight is 452 g/mol. The molecular weight excluding hydrogens is 432 g/mol. The van der Waals surface area contributed by atoms with Crippen LogP contribution < -0.4 is 11.1 Å². The Balaban J connectivity index is 1.11. The normalized spacial score (nSPS) is 13.3. The Bertz CT molecular complexity index is 1540. The maximum atomic E-state index is 12.7. The Kier molecular flexibility index (Phi) is 4.80. The van der Waals surface area contributed by atoms with Crippen LogP contribution in [0.4, 0.5) is 5.95 Å². The van der Waals surface area contributed by atoms with Crippen LogP contribution in [0.5, 0.6) is 0 Å². The summed E-state index contributed by atoms with van der Waals surface area (Å²) >= 11 is 0. The van der Waals surface area contributed by atoms with E-state index < -0.39 is 5.76 Å². The van der Waals surface area contributed by atoms with Crippen molar-refractivity contribution < 1.29 is 9.21 Å². The van der Waals surface area contributed by atoms with Crippen molar-refractivity contribution in [3.63, 3.8) is 0 Å². The number of fused-ring (bicyclic) bond motifs is 2. The molecule has 0 amide bonds. The lowest BCUT2D eigenvalue weighted by Crippen LogP contribution is -2.20. The minimum atomic E-state index is -0.548. The molecule has 0 aliphatic heterocycles. The van der Waals surface area contributed by atoms with E-state index in [1.807, 2.05) is 0 Å². The van der Waals surface area contributed by atoms with Crippen molar-refractivity contribution in [2.75, 3.05) is 5.32 Å². The summed E-state index contributed by atoms with van der Waals surface area (Å²) in [5, 5.41) is 7.71. The Labute approximate surface area is 193 Å². The van der Waals surface area contributed by atoms with Gasteiger partial charge in [0.1, 0.15) is 6.54 Å². The molecule has 0 unspecified atom stereocenters. The van der Waals surface area contributed by atoms with Crippen molar-refractivity contribution in [3.8, 4) is 11.1 Å². The highest BCUT2D eigenvalue weighted by molar-refractivity contribution is 5.98. The number of carbonyl (C=O) groups is 1. The first-order chi connectivity index (χ1) is 16.6. The van der Waals surface area contributed by atoms with Gasteiger partial charge >= 0.3 is 5.76 Å². The highest BCUT2D eigenvalue weighted by Gasteiger charge is 2.21. The molecule has 1 aliphatic carbocycles. The summed E-state index contributed by atoms with van der Waals surface area (Å²) in [6.07, 6.45) is 8.91. The lowest BCUT2D eigenvalue weighted by Gasteiger charge is -2.11. The van der Waals surface area contributed by atoms with E-state index in [0.29, 0.717) is 22.6 Å². The molecule has 0 fully saturated rings. The number of anilines is 1. The monoisotopic (exact) mass is 452 g/mol. The zero-order chi connectivity index (χ0) is 23.1. The molecule has 34 heavy (non-hydrogen) atoms. The first-order valence-corrected chi connectivity index (χ1v) is 10.9. The molecule has 6 rings (SSSR count). The predicted octanol–water partition coefficient (Wildman–Crippen LogP) is 3.24. The van der Waals surface area contributed by atoms with Gasteiger partial charge in [0.2, 0.25) is 5.95 Å². The van der Waals surface area contributed by atoms with E-state index in [-0.39, 0.29) is 18.4 Å². The van der Waals surface area contributed by atoms with Crippen molar-refractivity contribution >= 4 is 22.8 Å². The van der Waals surface area contributed by atoms with Crippen molar-refractivity contribution in [3.05, 3.63) is 94.5 Å². The van der Waals surface area contributed by atoms with Crippen LogP contribution in [0, 0.1) is 0 Å². The quantitative estimate of drug-likeness (QED) is 0.380. The van der Waals surface area contributed by atoms with E-state index in [0.717, 1.165) is 24.0 Å². The van der Waals surface area contributed by atoms with Gasteiger partial charge in [0.05, 0.1) is 11.7 Å². The summed E-state index contributed by atoms with van der Waals surface area (Å²) in [7, 11) is 0. The lowest BCUT2D eigenvalue weighted by atomic mass is 10.1. The highest BCUT2D eigenvalue weighted by Crippen LogP contribution is 2.24. The zero-order valence-corrected chi connectivity index (χ0v) is 18.1. The number of aromatic amines is 1. The van der Waals surface area contributed by atoms with Gasteiger partial charge in [-0.15, -0.1) is 0 Å². The second kappa shape index (κ2) is 8.11. The lowest BCUT2D eigenvalue weighted by molar-refractivity contribution is 0.0968. The van der Waals surface area contributed by atoms with Crippen LogP contribution in [0.1, 0.15) is 21.5 Å². The summed E-state index contributed by atoms with van der Waals surface area (Å²) in [5.41, 5.74) is 5.75. The summed E-state index contributed by atoms with van der Waals surface area (Å²) in [6.45, 7) is 0.0658. The standard InChI is InChI=1S/C25H20N6O3/c32-22(17-5-6-23-21(9-17)30-25(33)34-23)14-31-13-19(12-28-31)18-10-26-24(27-11-18)29-20-7-15-3-1-2-4-16(15)8-20/h1-6,9-13,20H,7-8,14H2,(H,30,33)(H,26,27,29). The van der Waals surface area contributed by atoms with Crippen LogP contribution in [-0.4, -0.2) is 36.6 Å². The van der Waals surface area contributed by atoms with Gasteiger partial charge in [0, 0.05) is 41.3 Å². The maximum absolute atomic E-state index is 12.7. The van der Waals surface area contributed by atoms with E-state index >= 15 is 0 Å². The van der Waals surface area contributed by atoms with Gasteiger partial charge in [0.15, 0.2) is 11.4 Å². The number of nitrogens with zero attached hydrogens (tertiary/aromatic N) is 4. The number of rotatable bonds is 6. The molecular formula is C25H20N6O3. The first kappa shape index (κ1) is 20.1. The van der Waals surface area contributed by atoms with Gasteiger partial charge in [-0.3, -0.25) is 14.5 Å². The fourth-order valence-electron chi connectivity index (χ4n) is 4.36. The van der Waals surface area contributed by atoms with Crippen LogP contribution in [0.3, 0.4) is 0 Å². The van der Waals surface area contributed by atoms with Crippen LogP contribution >= 0.6 is 0 Å². The number of ketones is 1. The molecule has 3 aromatic heterocycles. The maximum Gasteiger partial charge on any atom is 0.417 e. The number of benzene rings is 2. The van der Waals surface area contributed by atoms with E-state index in [4.69, 9.17) is 4.42 Å². The average Bonchev–Trinajstić information content (AvgIpc) is 3.56. The molecule has 168 valence electrons. The third-order valence-electron chi connectivity index (χ3n) is 6.05. The third kappa shape index (κ3) is 3.88. The number of aromatic nitrogens is 5. The number of Topliss-reactive ketones (excluding diaryl/α,β-unsaturated/α-hetero) is 1. The van der Waals surface area contributed by atoms with Crippen molar-refractivity contribution in [2.24, 2.45) is 0 Å². The van der Waals surface area contributed by atoms with Crippen molar-refractivity contribution in [2.45, 2.75) is 25.4 Å². The highest BCUT2D eigenvalue weighted by atomic mass is 16.4. The minimum Gasteiger partial charge on any atom is -0.408 e. The minimum absolute atomic E-state index is 0.0658. The number of hydrogen-bond donors (Lipinski definition) is 2. The number of H-pyrrole nitrogens is 1. The van der Waals surface area contributed by atoms with E-state index in [1.165, 1.54) is 11.1 Å². The van der Waals surface area contributed by atoms with Gasteiger partial charge in [-0.25, -0.2) is 14.8 Å². The molecule has 0 atom stereocenters. The van der Waals surface area contributed by atoms with Crippen LogP contribution in [-0.2, 0) is 19.4 Å². The summed E-state index contributed by atoms with van der Waals surface area (Å²) in [5.74, 6) is -0.0862. The van der Waals surface area contributed by atoms with Crippen LogP contribution in [0.25, 0.3) is 22.2 Å². The third-order valence-corrected chi connectivity index (χ3v) is 6.05.